The summed E-state index contributed by atoms with van der Waals surface area (Å²) in [7, 11) is 0. The Labute approximate surface area is 263 Å². The molecule has 4 N–H and O–H groups in total. The summed E-state index contributed by atoms with van der Waals surface area (Å²) in [5, 5.41) is 17.7. The molecular formula is C35H41N3O7. The Morgan fingerprint density at radius 1 is 0.778 bits per heavy atom. The van der Waals surface area contributed by atoms with Crippen LogP contribution in [0.2, 0.25) is 0 Å². The number of alkyl carbamates (subject to hydrolysis) is 2. The zero-order valence-corrected chi connectivity index (χ0v) is 25.9. The Hall–Kier alpha value is -4.86. The maximum atomic E-state index is 13.4. The second-order valence-corrected chi connectivity index (χ2v) is 12.0. The number of carboxylic acids is 1. The van der Waals surface area contributed by atoms with Crippen LogP contribution in [-0.4, -0.2) is 60.0 Å². The van der Waals surface area contributed by atoms with Gasteiger partial charge in [0.2, 0.25) is 5.91 Å². The van der Waals surface area contributed by atoms with Crippen LogP contribution >= 0.6 is 0 Å². The van der Waals surface area contributed by atoms with E-state index in [0.717, 1.165) is 27.8 Å². The molecule has 1 unspecified atom stereocenters. The lowest BCUT2D eigenvalue weighted by molar-refractivity contribution is -0.142. The Balaban J connectivity index is 1.35. The maximum absolute atomic E-state index is 13.4. The molecule has 0 radical (unpaired) electrons. The molecule has 4 rings (SSSR count). The molecule has 3 aromatic rings. The third kappa shape index (κ3) is 9.56. The van der Waals surface area contributed by atoms with Gasteiger partial charge >= 0.3 is 18.2 Å². The number of carboxylic acid groups (broad SMARTS) is 1. The molecule has 0 bridgehead atoms. The van der Waals surface area contributed by atoms with Crippen LogP contribution in [-0.2, 0) is 25.5 Å². The quantitative estimate of drug-likeness (QED) is 0.189. The van der Waals surface area contributed by atoms with Crippen molar-refractivity contribution in [1.29, 1.82) is 0 Å². The van der Waals surface area contributed by atoms with E-state index in [2.05, 4.69) is 16.0 Å². The largest absolute Gasteiger partial charge is 0.480 e. The fraction of sp³-hybridized carbons (Fsp3) is 0.371. The van der Waals surface area contributed by atoms with Crippen molar-refractivity contribution < 1.29 is 33.8 Å². The van der Waals surface area contributed by atoms with Crippen LogP contribution in [0.15, 0.2) is 78.9 Å². The van der Waals surface area contributed by atoms with E-state index < -0.39 is 41.7 Å². The highest BCUT2D eigenvalue weighted by molar-refractivity contribution is 5.89. The Kier molecular flexibility index (Phi) is 11.2. The highest BCUT2D eigenvalue weighted by atomic mass is 16.6. The zero-order chi connectivity index (χ0) is 32.4. The molecule has 1 aliphatic carbocycles. The average molecular weight is 616 g/mol. The minimum absolute atomic E-state index is 0.0780. The third-order valence-corrected chi connectivity index (χ3v) is 7.44. The Morgan fingerprint density at radius 2 is 1.38 bits per heavy atom. The van der Waals surface area contributed by atoms with E-state index in [4.69, 9.17) is 9.47 Å². The molecule has 3 aromatic carbocycles. The van der Waals surface area contributed by atoms with Crippen molar-refractivity contribution in [3.63, 3.8) is 0 Å². The van der Waals surface area contributed by atoms with E-state index in [1.165, 1.54) is 0 Å². The van der Waals surface area contributed by atoms with E-state index in [0.29, 0.717) is 19.4 Å². The fourth-order valence-corrected chi connectivity index (χ4v) is 5.35. The highest BCUT2D eigenvalue weighted by Crippen LogP contribution is 2.44. The summed E-state index contributed by atoms with van der Waals surface area (Å²) in [6.45, 7) is 5.67. The molecule has 0 spiro atoms. The topological polar surface area (TPSA) is 143 Å². The van der Waals surface area contributed by atoms with Gasteiger partial charge < -0.3 is 30.5 Å². The summed E-state index contributed by atoms with van der Waals surface area (Å²) in [6, 6.07) is 22.9. The summed E-state index contributed by atoms with van der Waals surface area (Å²) in [6.07, 6.45) is -0.120. The van der Waals surface area contributed by atoms with Gasteiger partial charge in [-0.1, -0.05) is 78.9 Å². The first-order valence-electron chi connectivity index (χ1n) is 15.2. The molecule has 0 saturated carbocycles. The van der Waals surface area contributed by atoms with E-state index in [9.17, 15) is 24.3 Å². The Morgan fingerprint density at radius 3 is 1.98 bits per heavy atom. The summed E-state index contributed by atoms with van der Waals surface area (Å²) < 4.78 is 10.9. The van der Waals surface area contributed by atoms with Crippen LogP contribution in [0.5, 0.6) is 0 Å². The molecule has 0 fully saturated rings. The summed E-state index contributed by atoms with van der Waals surface area (Å²) in [5.74, 6) is -1.97. The second kappa shape index (κ2) is 15.2. The van der Waals surface area contributed by atoms with Crippen LogP contribution in [0.25, 0.3) is 11.1 Å². The van der Waals surface area contributed by atoms with Crippen LogP contribution in [0, 0.1) is 0 Å². The number of ether oxygens (including phenoxy) is 2. The molecule has 10 nitrogen and oxygen atoms in total. The number of hydrogen-bond acceptors (Lipinski definition) is 6. The van der Waals surface area contributed by atoms with Crippen molar-refractivity contribution in [2.45, 2.75) is 70.1 Å². The standard InChI is InChI=1S/C35H41N3O7/c1-35(2,3)45-33(42)36-20-12-11-19-29(32(40)41)37-31(39)30(21-23-13-5-4-6-14-23)38-34(43)44-22-28-26-17-9-7-15-24(26)25-16-8-10-18-27(25)28/h4-10,13-18,28-30H,11-12,19-22H2,1-3H3,(H,36,42)(H,37,39)(H,38,43)(H,40,41)/t29-,30?/m1/s1. The van der Waals surface area contributed by atoms with E-state index in [-0.39, 0.29) is 25.4 Å². The smallest absolute Gasteiger partial charge is 0.407 e. The molecule has 45 heavy (non-hydrogen) atoms. The SMILES string of the molecule is CC(C)(C)OC(=O)NCCCC[C@@H](NC(=O)C(Cc1ccccc1)NC(=O)OCC1c2ccccc2-c2ccccc21)C(=O)O. The number of fused-ring (bicyclic) bond motifs is 3. The lowest BCUT2D eigenvalue weighted by Crippen LogP contribution is -2.52. The predicted octanol–water partition coefficient (Wildman–Crippen LogP) is 5.40. The van der Waals surface area contributed by atoms with Gasteiger partial charge in [0.1, 0.15) is 24.3 Å². The number of nitrogens with one attached hydrogen (secondary N) is 3. The van der Waals surface area contributed by atoms with Crippen molar-refractivity contribution in [3.8, 4) is 11.1 Å². The number of aliphatic carboxylic acids is 1. The van der Waals surface area contributed by atoms with E-state index in [1.54, 1.807) is 20.8 Å². The van der Waals surface area contributed by atoms with E-state index in [1.807, 2.05) is 78.9 Å². The number of rotatable bonds is 13. The van der Waals surface area contributed by atoms with Crippen LogP contribution in [0.1, 0.15) is 62.6 Å². The minimum atomic E-state index is -1.19. The number of carbonyl (C=O) groups excluding carboxylic acids is 3. The molecular weight excluding hydrogens is 574 g/mol. The number of carbonyl (C=O) groups is 4. The molecule has 238 valence electrons. The van der Waals surface area contributed by atoms with Crippen molar-refractivity contribution >= 4 is 24.1 Å². The van der Waals surface area contributed by atoms with Gasteiger partial charge in [-0.15, -0.1) is 0 Å². The molecule has 3 amide bonds. The van der Waals surface area contributed by atoms with Crippen molar-refractivity contribution in [3.05, 3.63) is 95.6 Å². The normalized spacial score (nSPS) is 13.5. The monoisotopic (exact) mass is 615 g/mol. The summed E-state index contributed by atoms with van der Waals surface area (Å²) in [4.78, 5) is 50.3. The van der Waals surface area contributed by atoms with Crippen molar-refractivity contribution in [2.75, 3.05) is 13.2 Å². The van der Waals surface area contributed by atoms with Crippen LogP contribution < -0.4 is 16.0 Å². The first-order chi connectivity index (χ1) is 21.5. The second-order valence-electron chi connectivity index (χ2n) is 12.0. The number of benzene rings is 3. The van der Waals surface area contributed by atoms with Gasteiger partial charge in [-0.05, 0) is 67.9 Å². The minimum Gasteiger partial charge on any atom is -0.480 e. The molecule has 0 aromatic heterocycles. The zero-order valence-electron chi connectivity index (χ0n) is 25.9. The van der Waals surface area contributed by atoms with Crippen LogP contribution in [0.4, 0.5) is 9.59 Å². The first-order valence-corrected chi connectivity index (χ1v) is 15.2. The molecule has 2 atom stereocenters. The summed E-state index contributed by atoms with van der Waals surface area (Å²) in [5.41, 5.74) is 4.50. The number of unbranched alkanes of at least 4 members (excludes halogenated alkanes) is 1. The van der Waals surface area contributed by atoms with Gasteiger partial charge in [0.15, 0.2) is 0 Å². The molecule has 1 aliphatic rings. The molecule has 0 saturated heterocycles. The van der Waals surface area contributed by atoms with Gasteiger partial charge in [-0.25, -0.2) is 14.4 Å². The van der Waals surface area contributed by atoms with E-state index >= 15 is 0 Å². The third-order valence-electron chi connectivity index (χ3n) is 7.44. The molecule has 0 heterocycles. The van der Waals surface area contributed by atoms with Gasteiger partial charge in [0, 0.05) is 18.9 Å². The van der Waals surface area contributed by atoms with Crippen molar-refractivity contribution in [2.24, 2.45) is 0 Å². The van der Waals surface area contributed by atoms with Gasteiger partial charge in [-0.3, -0.25) is 4.79 Å². The predicted molar refractivity (Wildman–Crippen MR) is 170 cm³/mol. The maximum Gasteiger partial charge on any atom is 0.407 e. The molecule has 10 heteroatoms. The lowest BCUT2D eigenvalue weighted by Gasteiger charge is -2.22. The number of hydrogen-bond donors (Lipinski definition) is 4. The van der Waals surface area contributed by atoms with Gasteiger partial charge in [-0.2, -0.15) is 0 Å². The number of amides is 3. The van der Waals surface area contributed by atoms with Gasteiger partial charge in [0.25, 0.3) is 0 Å². The molecule has 0 aliphatic heterocycles. The van der Waals surface area contributed by atoms with Gasteiger partial charge in [0.05, 0.1) is 0 Å². The lowest BCUT2D eigenvalue weighted by atomic mass is 9.98. The fourth-order valence-electron chi connectivity index (χ4n) is 5.35. The highest BCUT2D eigenvalue weighted by Gasteiger charge is 2.31. The Bertz CT molecular complexity index is 1440. The first kappa shape index (κ1) is 33.0. The summed E-state index contributed by atoms with van der Waals surface area (Å²) >= 11 is 0. The average Bonchev–Trinajstić information content (AvgIpc) is 3.32. The van der Waals surface area contributed by atoms with Crippen LogP contribution in [0.3, 0.4) is 0 Å². The van der Waals surface area contributed by atoms with Crippen molar-refractivity contribution in [1.82, 2.24) is 16.0 Å².